The van der Waals surface area contributed by atoms with Crippen LogP contribution in [0.15, 0.2) is 23.0 Å². The highest BCUT2D eigenvalue weighted by atomic mass is 16.7. The van der Waals surface area contributed by atoms with Crippen molar-refractivity contribution in [3.8, 4) is 11.5 Å². The van der Waals surface area contributed by atoms with Crippen molar-refractivity contribution < 1.29 is 14.3 Å². The summed E-state index contributed by atoms with van der Waals surface area (Å²) in [5.41, 5.74) is 0.779. The molecule has 2 aliphatic heterocycles. The molecule has 1 aromatic heterocycles. The number of nitrogens with zero attached hydrogens (tertiary/aromatic N) is 4. The lowest BCUT2D eigenvalue weighted by atomic mass is 10.2. The van der Waals surface area contributed by atoms with Crippen LogP contribution in [-0.2, 0) is 30.8 Å². The van der Waals surface area contributed by atoms with E-state index in [1.165, 1.54) is 4.68 Å². The van der Waals surface area contributed by atoms with Crippen LogP contribution in [0.5, 0.6) is 11.5 Å². The standard InChI is InChI=1S/C19H24N4O4/c1-2-21(11-14-7-8-15-16(10-14)27-13-26-15)18(24)12-23-19(25)22-9-5-3-4-6-17(22)20-23/h7-8,10H,2-6,9,11-13H2,1H3. The van der Waals surface area contributed by atoms with E-state index in [9.17, 15) is 9.59 Å². The van der Waals surface area contributed by atoms with Gasteiger partial charge in [-0.15, -0.1) is 0 Å². The molecule has 0 saturated carbocycles. The largest absolute Gasteiger partial charge is 0.454 e. The van der Waals surface area contributed by atoms with Gasteiger partial charge < -0.3 is 14.4 Å². The van der Waals surface area contributed by atoms with E-state index >= 15 is 0 Å². The van der Waals surface area contributed by atoms with Crippen LogP contribution in [0, 0.1) is 0 Å². The third kappa shape index (κ3) is 3.56. The zero-order chi connectivity index (χ0) is 18.8. The molecule has 0 aliphatic carbocycles. The second kappa shape index (κ2) is 7.46. The van der Waals surface area contributed by atoms with E-state index in [1.54, 1.807) is 9.47 Å². The number of rotatable bonds is 5. The molecule has 8 nitrogen and oxygen atoms in total. The number of benzene rings is 1. The smallest absolute Gasteiger partial charge is 0.346 e. The lowest BCUT2D eigenvalue weighted by Crippen LogP contribution is -2.37. The number of amides is 1. The van der Waals surface area contributed by atoms with Crippen molar-refractivity contribution in [2.45, 2.75) is 52.2 Å². The number of hydrogen-bond donors (Lipinski definition) is 0. The first-order valence-corrected chi connectivity index (χ1v) is 9.48. The minimum absolute atomic E-state index is 0.0305. The number of hydrogen-bond acceptors (Lipinski definition) is 5. The SMILES string of the molecule is CCN(Cc1ccc2c(c1)OCO2)C(=O)Cn1nc2n(c1=O)CCCCC2. The van der Waals surface area contributed by atoms with Crippen molar-refractivity contribution in [3.05, 3.63) is 40.1 Å². The van der Waals surface area contributed by atoms with E-state index < -0.39 is 0 Å². The van der Waals surface area contributed by atoms with Crippen LogP contribution in [0.2, 0.25) is 0 Å². The summed E-state index contributed by atoms with van der Waals surface area (Å²) >= 11 is 0. The zero-order valence-electron chi connectivity index (χ0n) is 15.5. The fourth-order valence-electron chi connectivity index (χ4n) is 3.59. The Bertz CT molecular complexity index is 902. The second-order valence-electron chi connectivity index (χ2n) is 6.91. The maximum atomic E-state index is 12.8. The average Bonchev–Trinajstić information content (AvgIpc) is 3.16. The average molecular weight is 372 g/mol. The Hall–Kier alpha value is -2.77. The van der Waals surface area contributed by atoms with Gasteiger partial charge in [0.2, 0.25) is 12.7 Å². The van der Waals surface area contributed by atoms with Crippen LogP contribution in [-0.4, -0.2) is 38.5 Å². The van der Waals surface area contributed by atoms with Crippen LogP contribution in [0.4, 0.5) is 0 Å². The Balaban J connectivity index is 1.47. The third-order valence-corrected chi connectivity index (χ3v) is 5.11. The van der Waals surface area contributed by atoms with Crippen molar-refractivity contribution >= 4 is 5.91 Å². The molecule has 0 N–H and O–H groups in total. The molecule has 1 aromatic carbocycles. The van der Waals surface area contributed by atoms with Crippen molar-refractivity contribution in [1.29, 1.82) is 0 Å². The topological polar surface area (TPSA) is 78.6 Å². The number of aromatic nitrogens is 3. The Kier molecular flexibility index (Phi) is 4.87. The van der Waals surface area contributed by atoms with Crippen LogP contribution in [0.25, 0.3) is 0 Å². The summed E-state index contributed by atoms with van der Waals surface area (Å²) in [6, 6.07) is 5.67. The monoisotopic (exact) mass is 372 g/mol. The summed E-state index contributed by atoms with van der Waals surface area (Å²) in [5, 5.41) is 4.40. The molecule has 27 heavy (non-hydrogen) atoms. The molecule has 0 unspecified atom stereocenters. The molecule has 0 fully saturated rings. The molecule has 0 radical (unpaired) electrons. The van der Waals surface area contributed by atoms with Crippen molar-refractivity contribution in [2.75, 3.05) is 13.3 Å². The molecule has 3 heterocycles. The maximum absolute atomic E-state index is 12.8. The highest BCUT2D eigenvalue weighted by Gasteiger charge is 2.20. The van der Waals surface area contributed by atoms with Gasteiger partial charge in [0.25, 0.3) is 0 Å². The van der Waals surface area contributed by atoms with Gasteiger partial charge in [-0.25, -0.2) is 9.48 Å². The van der Waals surface area contributed by atoms with E-state index in [1.807, 2.05) is 25.1 Å². The molecular formula is C19H24N4O4. The summed E-state index contributed by atoms with van der Waals surface area (Å²) in [5.74, 6) is 2.10. The Morgan fingerprint density at radius 3 is 2.93 bits per heavy atom. The normalized spacial score (nSPS) is 15.3. The lowest BCUT2D eigenvalue weighted by Gasteiger charge is -2.21. The molecule has 0 saturated heterocycles. The molecule has 144 valence electrons. The third-order valence-electron chi connectivity index (χ3n) is 5.11. The molecule has 0 atom stereocenters. The minimum Gasteiger partial charge on any atom is -0.454 e. The van der Waals surface area contributed by atoms with Crippen LogP contribution in [0.1, 0.15) is 37.6 Å². The van der Waals surface area contributed by atoms with Crippen LogP contribution < -0.4 is 15.2 Å². The number of ether oxygens (including phenoxy) is 2. The van der Waals surface area contributed by atoms with E-state index in [0.717, 1.165) is 42.8 Å². The fraction of sp³-hybridized carbons (Fsp3) is 0.526. The predicted molar refractivity (Wildman–Crippen MR) is 97.7 cm³/mol. The maximum Gasteiger partial charge on any atom is 0.346 e. The van der Waals surface area contributed by atoms with Gasteiger partial charge in [-0.1, -0.05) is 12.5 Å². The number of fused-ring (bicyclic) bond motifs is 2. The second-order valence-corrected chi connectivity index (χ2v) is 6.91. The van der Waals surface area contributed by atoms with E-state index in [4.69, 9.17) is 9.47 Å². The minimum atomic E-state index is -0.181. The highest BCUT2D eigenvalue weighted by molar-refractivity contribution is 5.75. The Morgan fingerprint density at radius 2 is 2.07 bits per heavy atom. The summed E-state index contributed by atoms with van der Waals surface area (Å²) in [6.45, 7) is 3.82. The van der Waals surface area contributed by atoms with Crippen molar-refractivity contribution in [1.82, 2.24) is 19.2 Å². The van der Waals surface area contributed by atoms with Crippen LogP contribution in [0.3, 0.4) is 0 Å². The van der Waals surface area contributed by atoms with Gasteiger partial charge in [0.15, 0.2) is 11.5 Å². The van der Waals surface area contributed by atoms with Gasteiger partial charge in [0.1, 0.15) is 12.4 Å². The molecular weight excluding hydrogens is 348 g/mol. The number of carbonyl (C=O) groups excluding carboxylic acids is 1. The molecule has 0 spiro atoms. The van der Waals surface area contributed by atoms with Gasteiger partial charge in [0.05, 0.1) is 0 Å². The molecule has 0 bridgehead atoms. The molecule has 1 amide bonds. The summed E-state index contributed by atoms with van der Waals surface area (Å²) < 4.78 is 13.7. The van der Waals surface area contributed by atoms with E-state index in [-0.39, 0.29) is 24.9 Å². The Labute approximate surface area is 157 Å². The van der Waals surface area contributed by atoms with Gasteiger partial charge in [-0.3, -0.25) is 9.36 Å². The number of aryl methyl sites for hydroxylation is 1. The van der Waals surface area contributed by atoms with E-state index in [0.29, 0.717) is 25.4 Å². The van der Waals surface area contributed by atoms with Crippen molar-refractivity contribution in [3.63, 3.8) is 0 Å². The summed E-state index contributed by atoms with van der Waals surface area (Å²) in [4.78, 5) is 27.1. The van der Waals surface area contributed by atoms with Gasteiger partial charge in [-0.05, 0) is 37.5 Å². The summed E-state index contributed by atoms with van der Waals surface area (Å²) in [6.07, 6.45) is 3.93. The van der Waals surface area contributed by atoms with Gasteiger partial charge in [0, 0.05) is 26.1 Å². The molecule has 4 rings (SSSR count). The fourth-order valence-corrected chi connectivity index (χ4v) is 3.59. The van der Waals surface area contributed by atoms with E-state index in [2.05, 4.69) is 5.10 Å². The molecule has 2 aromatic rings. The number of carbonyl (C=O) groups is 1. The summed E-state index contributed by atoms with van der Waals surface area (Å²) in [7, 11) is 0. The van der Waals surface area contributed by atoms with Gasteiger partial charge >= 0.3 is 5.69 Å². The van der Waals surface area contributed by atoms with Gasteiger partial charge in [-0.2, -0.15) is 5.10 Å². The predicted octanol–water partition coefficient (Wildman–Crippen LogP) is 1.55. The Morgan fingerprint density at radius 1 is 1.22 bits per heavy atom. The first-order chi connectivity index (χ1) is 13.2. The molecule has 8 heteroatoms. The quantitative estimate of drug-likeness (QED) is 0.796. The zero-order valence-corrected chi connectivity index (χ0v) is 15.5. The van der Waals surface area contributed by atoms with Crippen molar-refractivity contribution in [2.24, 2.45) is 0 Å². The molecule has 2 aliphatic rings. The van der Waals surface area contributed by atoms with Crippen LogP contribution >= 0.6 is 0 Å². The number of likely N-dealkylation sites (N-methyl/N-ethyl adjacent to an activating group) is 1. The lowest BCUT2D eigenvalue weighted by molar-refractivity contribution is -0.132. The first-order valence-electron chi connectivity index (χ1n) is 9.48. The first kappa shape index (κ1) is 17.6. The highest BCUT2D eigenvalue weighted by Crippen LogP contribution is 2.32.